The summed E-state index contributed by atoms with van der Waals surface area (Å²) >= 11 is 0. The zero-order chi connectivity index (χ0) is 25.4. The first kappa shape index (κ1) is 23.9. The van der Waals surface area contributed by atoms with E-state index in [0.717, 1.165) is 53.2 Å². The van der Waals surface area contributed by atoms with Crippen LogP contribution >= 0.6 is 0 Å². The molecule has 1 saturated heterocycles. The Morgan fingerprint density at radius 3 is 2.61 bits per heavy atom. The summed E-state index contributed by atoms with van der Waals surface area (Å²) in [5, 5.41) is 7.95. The number of piperidine rings is 1. The maximum Gasteiger partial charge on any atom is 0.244 e. The maximum atomic E-state index is 12.9. The highest BCUT2D eigenvalue weighted by Gasteiger charge is 2.30. The Balaban J connectivity index is 1.35. The Hall–Kier alpha value is -3.78. The van der Waals surface area contributed by atoms with Crippen molar-refractivity contribution in [3.05, 3.63) is 66.1 Å². The molecule has 0 aliphatic carbocycles. The molecule has 0 bridgehead atoms. The molecule has 1 aliphatic heterocycles. The van der Waals surface area contributed by atoms with Gasteiger partial charge in [0.1, 0.15) is 0 Å². The molecule has 8 nitrogen and oxygen atoms in total. The minimum absolute atomic E-state index is 0.0602. The maximum absolute atomic E-state index is 12.9. The largest absolute Gasteiger partial charge is 0.324 e. The van der Waals surface area contributed by atoms with Crippen molar-refractivity contribution >= 4 is 28.7 Å². The number of aryl methyl sites for hydroxylation is 1. The number of amides is 1. The van der Waals surface area contributed by atoms with E-state index >= 15 is 0 Å². The number of likely N-dealkylation sites (N-methyl/N-ethyl adjacent to an activating group) is 1. The lowest BCUT2D eigenvalue weighted by molar-refractivity contribution is -0.124. The lowest BCUT2D eigenvalue weighted by Gasteiger charge is -2.35. The van der Waals surface area contributed by atoms with E-state index < -0.39 is 0 Å². The van der Waals surface area contributed by atoms with Crippen LogP contribution in [0.3, 0.4) is 0 Å². The summed E-state index contributed by atoms with van der Waals surface area (Å²) < 4.78 is 1.93. The summed E-state index contributed by atoms with van der Waals surface area (Å²) in [6, 6.07) is 13.9. The van der Waals surface area contributed by atoms with Gasteiger partial charge < -0.3 is 10.2 Å². The average Bonchev–Trinajstić information content (AvgIpc) is 3.20. The standard InChI is InChI=1S/C28H33N7O/c1-18(2)26-19(3)32-35-16-13-20(17-25(26)35)23-12-14-29-28(31-23)30-21-8-10-22(11-9-21)34-15-6-7-24(27(34)36)33(4)5/h8-14,16-18,24H,6-7,15H2,1-5H3,(H,29,30,31). The third-order valence-corrected chi connectivity index (χ3v) is 6.86. The Morgan fingerprint density at radius 1 is 1.11 bits per heavy atom. The van der Waals surface area contributed by atoms with Crippen molar-refractivity contribution in [3.63, 3.8) is 0 Å². The fourth-order valence-electron chi connectivity index (χ4n) is 5.08. The third-order valence-electron chi connectivity index (χ3n) is 6.86. The van der Waals surface area contributed by atoms with Crippen LogP contribution in [0.15, 0.2) is 54.9 Å². The SMILES string of the molecule is Cc1nn2ccc(-c3ccnc(Nc4ccc(N5CCCC(N(C)C)C5=O)cc4)n3)cc2c1C(C)C. The highest BCUT2D eigenvalue weighted by atomic mass is 16.2. The second-order valence-electron chi connectivity index (χ2n) is 9.95. The van der Waals surface area contributed by atoms with Crippen LogP contribution in [-0.2, 0) is 4.79 Å². The van der Waals surface area contributed by atoms with Crippen LogP contribution < -0.4 is 10.2 Å². The van der Waals surface area contributed by atoms with Gasteiger partial charge in [-0.25, -0.2) is 14.5 Å². The number of hydrogen-bond donors (Lipinski definition) is 1. The van der Waals surface area contributed by atoms with E-state index in [4.69, 9.17) is 4.98 Å². The van der Waals surface area contributed by atoms with Gasteiger partial charge in [-0.1, -0.05) is 13.8 Å². The van der Waals surface area contributed by atoms with E-state index in [1.165, 1.54) is 5.56 Å². The molecular formula is C28H33N7O. The molecule has 1 aliphatic rings. The van der Waals surface area contributed by atoms with Crippen LogP contribution in [0.2, 0.25) is 0 Å². The second-order valence-corrected chi connectivity index (χ2v) is 9.95. The van der Waals surface area contributed by atoms with Crippen molar-refractivity contribution in [2.75, 3.05) is 30.9 Å². The molecule has 1 aromatic carbocycles. The molecule has 0 spiro atoms. The Labute approximate surface area is 212 Å². The number of fused-ring (bicyclic) bond motifs is 1. The molecule has 3 aromatic heterocycles. The topological polar surface area (TPSA) is 78.7 Å². The predicted octanol–water partition coefficient (Wildman–Crippen LogP) is 5.02. The summed E-state index contributed by atoms with van der Waals surface area (Å²) in [5.74, 6) is 1.07. The van der Waals surface area contributed by atoms with E-state index in [1.807, 2.05) is 71.0 Å². The summed E-state index contributed by atoms with van der Waals surface area (Å²) in [5.41, 5.74) is 7.06. The van der Waals surface area contributed by atoms with Gasteiger partial charge in [0.25, 0.3) is 0 Å². The van der Waals surface area contributed by atoms with Gasteiger partial charge in [-0.05, 0) is 82.2 Å². The van der Waals surface area contributed by atoms with Gasteiger partial charge in [0.05, 0.1) is 22.9 Å². The van der Waals surface area contributed by atoms with Crippen LogP contribution in [-0.4, -0.2) is 57.1 Å². The van der Waals surface area contributed by atoms with Gasteiger partial charge in [-0.15, -0.1) is 0 Å². The molecule has 1 amide bonds. The second kappa shape index (κ2) is 9.70. The molecule has 0 radical (unpaired) electrons. The Morgan fingerprint density at radius 2 is 1.89 bits per heavy atom. The number of anilines is 3. The molecule has 1 unspecified atom stereocenters. The number of benzene rings is 1. The van der Waals surface area contributed by atoms with Crippen molar-refractivity contribution in [1.82, 2.24) is 24.5 Å². The molecule has 4 heterocycles. The van der Waals surface area contributed by atoms with Crippen LogP contribution in [0.5, 0.6) is 0 Å². The van der Waals surface area contributed by atoms with E-state index in [0.29, 0.717) is 11.9 Å². The number of rotatable bonds is 6. The molecule has 8 heteroatoms. The first-order valence-corrected chi connectivity index (χ1v) is 12.5. The number of nitrogens with one attached hydrogen (secondary N) is 1. The fourth-order valence-corrected chi connectivity index (χ4v) is 5.08. The molecular weight excluding hydrogens is 450 g/mol. The smallest absolute Gasteiger partial charge is 0.244 e. The van der Waals surface area contributed by atoms with Gasteiger partial charge in [0.2, 0.25) is 11.9 Å². The molecule has 5 rings (SSSR count). The number of hydrogen-bond acceptors (Lipinski definition) is 6. The van der Waals surface area contributed by atoms with Crippen LogP contribution in [0, 0.1) is 6.92 Å². The van der Waals surface area contributed by atoms with E-state index in [2.05, 4.69) is 42.2 Å². The normalized spacial score (nSPS) is 16.4. The Bertz CT molecular complexity index is 1390. The number of carbonyl (C=O) groups excluding carboxylic acids is 1. The van der Waals surface area contributed by atoms with Crippen LogP contribution in [0.4, 0.5) is 17.3 Å². The summed E-state index contributed by atoms with van der Waals surface area (Å²) in [6.07, 6.45) is 5.66. The molecule has 4 aromatic rings. The van der Waals surface area contributed by atoms with Crippen molar-refractivity contribution in [3.8, 4) is 11.3 Å². The van der Waals surface area contributed by atoms with Crippen LogP contribution in [0.1, 0.15) is 43.9 Å². The number of nitrogens with zero attached hydrogens (tertiary/aromatic N) is 6. The monoisotopic (exact) mass is 483 g/mol. The quantitative estimate of drug-likeness (QED) is 0.415. The zero-order valence-electron chi connectivity index (χ0n) is 21.6. The van der Waals surface area contributed by atoms with Crippen molar-refractivity contribution < 1.29 is 4.79 Å². The molecule has 36 heavy (non-hydrogen) atoms. The van der Waals surface area contributed by atoms with Crippen molar-refractivity contribution in [2.45, 2.75) is 45.6 Å². The molecule has 1 atom stereocenters. The van der Waals surface area contributed by atoms with Gasteiger partial charge in [-0.2, -0.15) is 5.10 Å². The number of carbonyl (C=O) groups is 1. The fraction of sp³-hybridized carbons (Fsp3) is 0.357. The first-order chi connectivity index (χ1) is 17.3. The molecule has 1 fully saturated rings. The lowest BCUT2D eigenvalue weighted by atomic mass is 10.0. The first-order valence-electron chi connectivity index (χ1n) is 12.5. The minimum atomic E-state index is -0.0602. The van der Waals surface area contributed by atoms with Crippen molar-refractivity contribution in [1.29, 1.82) is 0 Å². The summed E-state index contributed by atoms with van der Waals surface area (Å²) in [7, 11) is 3.93. The minimum Gasteiger partial charge on any atom is -0.324 e. The summed E-state index contributed by atoms with van der Waals surface area (Å²) in [6.45, 7) is 7.19. The predicted molar refractivity (Wildman–Crippen MR) is 144 cm³/mol. The summed E-state index contributed by atoms with van der Waals surface area (Å²) in [4.78, 5) is 26.0. The van der Waals surface area contributed by atoms with Crippen LogP contribution in [0.25, 0.3) is 16.8 Å². The molecule has 186 valence electrons. The Kier molecular flexibility index (Phi) is 6.45. The molecule has 0 saturated carbocycles. The van der Waals surface area contributed by atoms with E-state index in [1.54, 1.807) is 6.20 Å². The average molecular weight is 484 g/mol. The highest BCUT2D eigenvalue weighted by Crippen LogP contribution is 2.29. The van der Waals surface area contributed by atoms with E-state index in [-0.39, 0.29) is 11.9 Å². The van der Waals surface area contributed by atoms with Gasteiger partial charge in [-0.3, -0.25) is 9.69 Å². The van der Waals surface area contributed by atoms with E-state index in [9.17, 15) is 4.79 Å². The molecule has 1 N–H and O–H groups in total. The van der Waals surface area contributed by atoms with Gasteiger partial charge in [0, 0.05) is 41.4 Å². The highest BCUT2D eigenvalue weighted by molar-refractivity contribution is 5.98. The number of aromatic nitrogens is 4. The van der Waals surface area contributed by atoms with Gasteiger partial charge in [0.15, 0.2) is 0 Å². The lowest BCUT2D eigenvalue weighted by Crippen LogP contribution is -2.50. The third kappa shape index (κ3) is 4.56. The zero-order valence-corrected chi connectivity index (χ0v) is 21.6. The number of pyridine rings is 1. The van der Waals surface area contributed by atoms with Crippen molar-refractivity contribution in [2.24, 2.45) is 0 Å². The van der Waals surface area contributed by atoms with Gasteiger partial charge >= 0.3 is 0 Å².